The van der Waals surface area contributed by atoms with Gasteiger partial charge in [-0.05, 0) is 12.1 Å². The predicted molar refractivity (Wildman–Crippen MR) is 51.7 cm³/mol. The molecule has 0 aromatic carbocycles. The second-order valence-corrected chi connectivity index (χ2v) is 3.89. The zero-order valence-electron chi connectivity index (χ0n) is 7.79. The van der Waals surface area contributed by atoms with Gasteiger partial charge in [0, 0.05) is 30.0 Å². The Morgan fingerprint density at radius 1 is 1.46 bits per heavy atom. The first-order chi connectivity index (χ1) is 6.29. The van der Waals surface area contributed by atoms with Gasteiger partial charge in [-0.3, -0.25) is 4.98 Å². The van der Waals surface area contributed by atoms with E-state index in [-0.39, 0.29) is 0 Å². The van der Waals surface area contributed by atoms with Gasteiger partial charge in [-0.15, -0.1) is 0 Å². The van der Waals surface area contributed by atoms with E-state index in [1.807, 2.05) is 12.1 Å². The fourth-order valence-electron chi connectivity index (χ4n) is 1.34. The first-order valence-corrected chi connectivity index (χ1v) is 4.50. The van der Waals surface area contributed by atoms with Gasteiger partial charge in [0.2, 0.25) is 0 Å². The predicted octanol–water partition coefficient (Wildman–Crippen LogP) is 1.53. The molecule has 1 aliphatic heterocycles. The van der Waals surface area contributed by atoms with Crippen LogP contribution in [-0.2, 0) is 4.74 Å². The number of pyridine rings is 1. The molecule has 1 saturated heterocycles. The van der Waals surface area contributed by atoms with Gasteiger partial charge in [0.1, 0.15) is 0 Å². The fraction of sp³-hybridized carbons (Fsp3) is 0.500. The van der Waals surface area contributed by atoms with Crippen LogP contribution in [0.4, 0.5) is 5.69 Å². The van der Waals surface area contributed by atoms with Crippen LogP contribution in [0.5, 0.6) is 0 Å². The third-order valence-electron chi connectivity index (χ3n) is 2.30. The Balaban J connectivity index is 1.86. The topological polar surface area (TPSA) is 34.2 Å². The summed E-state index contributed by atoms with van der Waals surface area (Å²) in [4.78, 5) is 3.96. The van der Waals surface area contributed by atoms with E-state index in [2.05, 4.69) is 17.2 Å². The van der Waals surface area contributed by atoms with Crippen molar-refractivity contribution in [1.82, 2.24) is 4.98 Å². The highest BCUT2D eigenvalue weighted by molar-refractivity contribution is 5.40. The van der Waals surface area contributed by atoms with Crippen molar-refractivity contribution < 1.29 is 4.74 Å². The third kappa shape index (κ3) is 1.98. The number of nitrogens with one attached hydrogen (secondary N) is 1. The molecule has 0 spiro atoms. The van der Waals surface area contributed by atoms with Crippen LogP contribution in [0.3, 0.4) is 0 Å². The number of hydrogen-bond acceptors (Lipinski definition) is 3. The zero-order chi connectivity index (χ0) is 9.15. The van der Waals surface area contributed by atoms with Crippen LogP contribution < -0.4 is 5.32 Å². The molecule has 1 N–H and O–H groups in total. The first kappa shape index (κ1) is 8.51. The molecule has 70 valence electrons. The molecule has 0 radical (unpaired) electrons. The summed E-state index contributed by atoms with van der Waals surface area (Å²) in [5.41, 5.74) is 1.45. The van der Waals surface area contributed by atoms with Gasteiger partial charge in [-0.1, -0.05) is 6.92 Å². The molecule has 1 aromatic rings. The van der Waals surface area contributed by atoms with Gasteiger partial charge in [-0.25, -0.2) is 0 Å². The van der Waals surface area contributed by atoms with Crippen LogP contribution in [0.1, 0.15) is 6.92 Å². The zero-order valence-corrected chi connectivity index (χ0v) is 7.79. The van der Waals surface area contributed by atoms with Crippen LogP contribution >= 0.6 is 0 Å². The van der Waals surface area contributed by atoms with E-state index >= 15 is 0 Å². The van der Waals surface area contributed by atoms with E-state index < -0.39 is 0 Å². The SMILES string of the molecule is CC1(CNc2ccncc2)COC1. The lowest BCUT2D eigenvalue weighted by atomic mass is 9.89. The molecule has 0 atom stereocenters. The molecule has 0 unspecified atom stereocenters. The summed E-state index contributed by atoms with van der Waals surface area (Å²) in [5.74, 6) is 0. The normalized spacial score (nSPS) is 19.2. The lowest BCUT2D eigenvalue weighted by molar-refractivity contribution is -0.0924. The summed E-state index contributed by atoms with van der Waals surface area (Å²) in [6, 6.07) is 3.95. The Labute approximate surface area is 78.1 Å². The van der Waals surface area contributed by atoms with Gasteiger partial charge in [0.15, 0.2) is 0 Å². The van der Waals surface area contributed by atoms with Crippen LogP contribution in [0.25, 0.3) is 0 Å². The molecule has 13 heavy (non-hydrogen) atoms. The average molecular weight is 178 g/mol. The molecule has 1 fully saturated rings. The lowest BCUT2D eigenvalue weighted by Crippen LogP contribution is -2.45. The van der Waals surface area contributed by atoms with Crippen LogP contribution in [0.15, 0.2) is 24.5 Å². The Morgan fingerprint density at radius 2 is 2.15 bits per heavy atom. The molecule has 2 heterocycles. The number of hydrogen-bond donors (Lipinski definition) is 1. The molecule has 0 bridgehead atoms. The first-order valence-electron chi connectivity index (χ1n) is 4.50. The van der Waals surface area contributed by atoms with E-state index in [1.165, 1.54) is 0 Å². The highest BCUT2D eigenvalue weighted by atomic mass is 16.5. The number of anilines is 1. The molecular weight excluding hydrogens is 164 g/mol. The highest BCUT2D eigenvalue weighted by Crippen LogP contribution is 2.26. The molecule has 2 rings (SSSR count). The summed E-state index contributed by atoms with van der Waals surface area (Å²) in [5, 5.41) is 3.37. The molecule has 3 heteroatoms. The molecule has 0 saturated carbocycles. The van der Waals surface area contributed by atoms with E-state index in [0.717, 1.165) is 25.4 Å². The fourth-order valence-corrected chi connectivity index (χ4v) is 1.34. The molecule has 3 nitrogen and oxygen atoms in total. The van der Waals surface area contributed by atoms with Crippen molar-refractivity contribution in [1.29, 1.82) is 0 Å². The van der Waals surface area contributed by atoms with Crippen molar-refractivity contribution in [3.8, 4) is 0 Å². The summed E-state index contributed by atoms with van der Waals surface area (Å²) >= 11 is 0. The van der Waals surface area contributed by atoms with Crippen LogP contribution in [0.2, 0.25) is 0 Å². The maximum absolute atomic E-state index is 5.17. The minimum atomic E-state index is 0.323. The summed E-state index contributed by atoms with van der Waals surface area (Å²) in [6.07, 6.45) is 3.59. The Bertz CT molecular complexity index is 270. The molecule has 0 aliphatic carbocycles. The number of ether oxygens (including phenoxy) is 1. The largest absolute Gasteiger partial charge is 0.384 e. The molecule has 1 aliphatic rings. The second-order valence-electron chi connectivity index (χ2n) is 3.89. The smallest absolute Gasteiger partial charge is 0.0559 e. The maximum atomic E-state index is 5.17. The van der Waals surface area contributed by atoms with Crippen molar-refractivity contribution in [2.24, 2.45) is 5.41 Å². The van der Waals surface area contributed by atoms with Crippen molar-refractivity contribution in [2.75, 3.05) is 25.1 Å². The van der Waals surface area contributed by atoms with Crippen LogP contribution in [0, 0.1) is 5.41 Å². The molecule has 1 aromatic heterocycles. The minimum Gasteiger partial charge on any atom is -0.384 e. The molecular formula is C10H14N2O. The van der Waals surface area contributed by atoms with Gasteiger partial charge in [0.05, 0.1) is 13.2 Å². The number of aromatic nitrogens is 1. The van der Waals surface area contributed by atoms with E-state index in [1.54, 1.807) is 12.4 Å². The number of rotatable bonds is 3. The Morgan fingerprint density at radius 3 is 2.69 bits per heavy atom. The van der Waals surface area contributed by atoms with Gasteiger partial charge >= 0.3 is 0 Å². The summed E-state index contributed by atoms with van der Waals surface area (Å²) in [6.45, 7) is 4.93. The Kier molecular flexibility index (Phi) is 2.19. The summed E-state index contributed by atoms with van der Waals surface area (Å²) in [7, 11) is 0. The van der Waals surface area contributed by atoms with Crippen LogP contribution in [-0.4, -0.2) is 24.7 Å². The van der Waals surface area contributed by atoms with Gasteiger partial charge in [-0.2, -0.15) is 0 Å². The summed E-state index contributed by atoms with van der Waals surface area (Å²) < 4.78 is 5.17. The maximum Gasteiger partial charge on any atom is 0.0559 e. The monoisotopic (exact) mass is 178 g/mol. The van der Waals surface area contributed by atoms with Crippen molar-refractivity contribution >= 4 is 5.69 Å². The van der Waals surface area contributed by atoms with Crippen molar-refractivity contribution in [3.05, 3.63) is 24.5 Å². The van der Waals surface area contributed by atoms with Gasteiger partial charge < -0.3 is 10.1 Å². The van der Waals surface area contributed by atoms with Crippen molar-refractivity contribution in [2.45, 2.75) is 6.92 Å². The lowest BCUT2D eigenvalue weighted by Gasteiger charge is -2.38. The molecule has 0 amide bonds. The Hall–Kier alpha value is -1.09. The van der Waals surface area contributed by atoms with Crippen molar-refractivity contribution in [3.63, 3.8) is 0 Å². The number of nitrogens with zero attached hydrogens (tertiary/aromatic N) is 1. The minimum absolute atomic E-state index is 0.323. The standard InChI is InChI=1S/C10H14N2O/c1-10(7-13-8-10)6-12-9-2-4-11-5-3-9/h2-5H,6-8H2,1H3,(H,11,12). The van der Waals surface area contributed by atoms with E-state index in [9.17, 15) is 0 Å². The van der Waals surface area contributed by atoms with E-state index in [0.29, 0.717) is 5.41 Å². The van der Waals surface area contributed by atoms with E-state index in [4.69, 9.17) is 4.74 Å². The van der Waals surface area contributed by atoms with Gasteiger partial charge in [0.25, 0.3) is 0 Å². The quantitative estimate of drug-likeness (QED) is 0.762. The average Bonchev–Trinajstić information content (AvgIpc) is 2.13. The second kappa shape index (κ2) is 3.34. The third-order valence-corrected chi connectivity index (χ3v) is 2.30. The highest BCUT2D eigenvalue weighted by Gasteiger charge is 2.32.